The lowest BCUT2D eigenvalue weighted by molar-refractivity contribution is 0.0518. The Morgan fingerprint density at radius 3 is 2.70 bits per heavy atom. The number of carbonyl (C=O) groups excluding carboxylic acids is 1. The lowest BCUT2D eigenvalue weighted by Crippen LogP contribution is -2.51. The van der Waals surface area contributed by atoms with Crippen LogP contribution in [0.1, 0.15) is 72.0 Å². The van der Waals surface area contributed by atoms with E-state index in [2.05, 4.69) is 15.2 Å². The first-order chi connectivity index (χ1) is 15.3. The number of ether oxygens (including phenoxy) is 2. The number of nitrogens with zero attached hydrogens (tertiary/aromatic N) is 2. The van der Waals surface area contributed by atoms with E-state index >= 15 is 0 Å². The molecule has 2 aliphatic rings. The standard InChI is InChI=1S/C23H36FN3O3/c1-3-23(4-2,17-29-15-7-12-24)26-21(28)19-10-11-20(27-13-5-6-14-27)22(25-19)30-16-18-8-9-18/h10-11,18H,3-9,12-17H2,1-2H3,(H,26,28)/i12D2. The summed E-state index contributed by atoms with van der Waals surface area (Å²) in [6, 6.07) is 3.66. The number of nitrogens with one attached hydrogen (secondary N) is 1. The summed E-state index contributed by atoms with van der Waals surface area (Å²) in [6.45, 7) is 3.84. The van der Waals surface area contributed by atoms with Gasteiger partial charge in [0.2, 0.25) is 5.88 Å². The van der Waals surface area contributed by atoms with Gasteiger partial charge >= 0.3 is 0 Å². The minimum Gasteiger partial charge on any atom is -0.476 e. The number of anilines is 1. The van der Waals surface area contributed by atoms with Gasteiger partial charge in [-0.1, -0.05) is 13.8 Å². The van der Waals surface area contributed by atoms with Crippen LogP contribution in [0, 0.1) is 5.92 Å². The van der Waals surface area contributed by atoms with Crippen LogP contribution in [-0.2, 0) is 4.74 Å². The minimum absolute atomic E-state index is 0.0525. The summed E-state index contributed by atoms with van der Waals surface area (Å²) >= 11 is 0. The Morgan fingerprint density at radius 1 is 1.33 bits per heavy atom. The first-order valence-electron chi connectivity index (χ1n) is 12.2. The van der Waals surface area contributed by atoms with Crippen molar-refractivity contribution < 1.29 is 21.4 Å². The number of amides is 1. The molecule has 2 fully saturated rings. The second kappa shape index (κ2) is 10.9. The maximum atomic E-state index is 13.1. The largest absolute Gasteiger partial charge is 0.476 e. The van der Waals surface area contributed by atoms with Crippen molar-refractivity contribution in [1.82, 2.24) is 10.3 Å². The molecule has 7 heteroatoms. The predicted octanol–water partition coefficient (Wildman–Crippen LogP) is 4.14. The van der Waals surface area contributed by atoms with Crippen molar-refractivity contribution in [1.29, 1.82) is 0 Å². The van der Waals surface area contributed by atoms with E-state index in [1.54, 1.807) is 6.07 Å². The molecular formula is C23H36FN3O3. The Bertz CT molecular complexity index is 761. The molecule has 2 heterocycles. The Balaban J connectivity index is 1.68. The average molecular weight is 424 g/mol. The van der Waals surface area contributed by atoms with Crippen LogP contribution in [-0.4, -0.2) is 56.0 Å². The van der Waals surface area contributed by atoms with Gasteiger partial charge in [0.05, 0.1) is 33.8 Å². The highest BCUT2D eigenvalue weighted by Gasteiger charge is 2.30. The van der Waals surface area contributed by atoms with E-state index in [1.807, 2.05) is 19.9 Å². The van der Waals surface area contributed by atoms with Crippen LogP contribution in [0.2, 0.25) is 0 Å². The van der Waals surface area contributed by atoms with Crippen LogP contribution in [0.25, 0.3) is 0 Å². The highest BCUT2D eigenvalue weighted by Crippen LogP contribution is 2.33. The van der Waals surface area contributed by atoms with Crippen LogP contribution in [0.5, 0.6) is 5.88 Å². The van der Waals surface area contributed by atoms with E-state index in [0.29, 0.717) is 36.9 Å². The summed E-state index contributed by atoms with van der Waals surface area (Å²) in [6.07, 6.45) is 5.54. The van der Waals surface area contributed by atoms with Crippen molar-refractivity contribution in [3.63, 3.8) is 0 Å². The first-order valence-corrected chi connectivity index (χ1v) is 11.2. The number of rotatable bonds is 13. The van der Waals surface area contributed by atoms with Gasteiger partial charge in [-0.15, -0.1) is 0 Å². The van der Waals surface area contributed by atoms with Crippen LogP contribution in [0.3, 0.4) is 0 Å². The Morgan fingerprint density at radius 2 is 2.07 bits per heavy atom. The van der Waals surface area contributed by atoms with Gasteiger partial charge in [-0.3, -0.25) is 9.18 Å². The second-order valence-electron chi connectivity index (χ2n) is 8.35. The third-order valence-electron chi connectivity index (χ3n) is 6.12. The van der Waals surface area contributed by atoms with Gasteiger partial charge in [0.1, 0.15) is 5.69 Å². The molecule has 6 nitrogen and oxygen atoms in total. The van der Waals surface area contributed by atoms with Gasteiger partial charge in [-0.25, -0.2) is 4.98 Å². The maximum Gasteiger partial charge on any atom is 0.270 e. The Kier molecular flexibility index (Phi) is 7.30. The molecule has 0 unspecified atom stereocenters. The number of pyridine rings is 1. The van der Waals surface area contributed by atoms with E-state index in [1.165, 1.54) is 12.8 Å². The summed E-state index contributed by atoms with van der Waals surface area (Å²) in [5.41, 5.74) is 0.607. The zero-order valence-electron chi connectivity index (χ0n) is 20.2. The molecule has 1 aliphatic carbocycles. The molecule has 1 aromatic rings. The van der Waals surface area contributed by atoms with Crippen molar-refractivity contribution >= 4 is 11.6 Å². The molecule has 3 rings (SSSR count). The molecular weight excluding hydrogens is 385 g/mol. The Labute approximate surface area is 182 Å². The molecule has 1 aromatic heterocycles. The number of halogens is 1. The lowest BCUT2D eigenvalue weighted by Gasteiger charge is -2.32. The minimum atomic E-state index is -2.76. The molecule has 168 valence electrons. The monoisotopic (exact) mass is 423 g/mol. The van der Waals surface area contributed by atoms with Crippen molar-refractivity contribution in [3.8, 4) is 5.88 Å². The summed E-state index contributed by atoms with van der Waals surface area (Å²) in [4.78, 5) is 19.9. The highest BCUT2D eigenvalue weighted by molar-refractivity contribution is 5.93. The van der Waals surface area contributed by atoms with E-state index in [4.69, 9.17) is 12.2 Å². The van der Waals surface area contributed by atoms with E-state index < -0.39 is 12.2 Å². The molecule has 1 saturated heterocycles. The number of alkyl halides is 1. The molecule has 0 aromatic carbocycles. The van der Waals surface area contributed by atoms with E-state index in [-0.39, 0.29) is 25.5 Å². The smallest absolute Gasteiger partial charge is 0.270 e. The molecule has 1 N–H and O–H groups in total. The molecule has 1 aliphatic heterocycles. The zero-order valence-corrected chi connectivity index (χ0v) is 18.2. The molecule has 0 bridgehead atoms. The highest BCUT2D eigenvalue weighted by atomic mass is 19.1. The second-order valence-corrected chi connectivity index (χ2v) is 8.35. The average Bonchev–Trinajstić information content (AvgIpc) is 3.44. The third kappa shape index (κ3) is 6.06. The van der Waals surface area contributed by atoms with Gasteiger partial charge in [0, 0.05) is 19.7 Å². The van der Waals surface area contributed by atoms with Gasteiger partial charge in [0.25, 0.3) is 5.91 Å². The van der Waals surface area contributed by atoms with Gasteiger partial charge in [0.15, 0.2) is 0 Å². The topological polar surface area (TPSA) is 63.7 Å². The van der Waals surface area contributed by atoms with Gasteiger partial charge in [-0.05, 0) is 63.0 Å². The van der Waals surface area contributed by atoms with E-state index in [0.717, 1.165) is 31.6 Å². The van der Waals surface area contributed by atoms with Crippen molar-refractivity contribution in [2.45, 2.75) is 64.3 Å². The van der Waals surface area contributed by atoms with Crippen LogP contribution in [0.15, 0.2) is 12.1 Å². The molecule has 0 radical (unpaired) electrons. The van der Waals surface area contributed by atoms with Crippen LogP contribution in [0.4, 0.5) is 10.1 Å². The number of aromatic nitrogens is 1. The number of hydrogen-bond donors (Lipinski definition) is 1. The fourth-order valence-corrected chi connectivity index (χ4v) is 3.70. The molecule has 1 saturated carbocycles. The van der Waals surface area contributed by atoms with Crippen LogP contribution >= 0.6 is 0 Å². The Hall–Kier alpha value is -1.89. The van der Waals surface area contributed by atoms with Gasteiger partial charge in [-0.2, -0.15) is 0 Å². The SMILES string of the molecule is [2H]C([2H])(F)CCOCC(CC)(CC)NC(=O)c1ccc(N2CCCC2)c(OCC2CC2)n1. The van der Waals surface area contributed by atoms with E-state index in [9.17, 15) is 9.18 Å². The first kappa shape index (κ1) is 20.0. The fourth-order valence-electron chi connectivity index (χ4n) is 3.70. The zero-order chi connectivity index (χ0) is 23.2. The summed E-state index contributed by atoms with van der Waals surface area (Å²) in [5.74, 6) is 0.801. The van der Waals surface area contributed by atoms with Crippen molar-refractivity contribution in [2.24, 2.45) is 5.92 Å². The van der Waals surface area contributed by atoms with Gasteiger partial charge < -0.3 is 19.7 Å². The number of carbonyl (C=O) groups is 1. The van der Waals surface area contributed by atoms with Crippen molar-refractivity contribution in [2.75, 3.05) is 44.4 Å². The molecule has 30 heavy (non-hydrogen) atoms. The molecule has 1 amide bonds. The molecule has 0 atom stereocenters. The van der Waals surface area contributed by atoms with Crippen LogP contribution < -0.4 is 15.0 Å². The lowest BCUT2D eigenvalue weighted by atomic mass is 9.93. The number of hydrogen-bond acceptors (Lipinski definition) is 5. The quantitative estimate of drug-likeness (QED) is 0.483. The van der Waals surface area contributed by atoms with Crippen molar-refractivity contribution in [3.05, 3.63) is 17.8 Å². The predicted molar refractivity (Wildman–Crippen MR) is 116 cm³/mol. The third-order valence-corrected chi connectivity index (χ3v) is 6.12. The normalized spacial score (nSPS) is 18.2. The summed E-state index contributed by atoms with van der Waals surface area (Å²) in [7, 11) is 0. The maximum absolute atomic E-state index is 13.1. The summed E-state index contributed by atoms with van der Waals surface area (Å²) in [5, 5.41) is 3.05. The fraction of sp³-hybridized carbons (Fsp3) is 0.739. The summed E-state index contributed by atoms with van der Waals surface area (Å²) < 4.78 is 38.6. The molecule has 0 spiro atoms.